The number of anilines is 2. The Bertz CT molecular complexity index is 2250. The van der Waals surface area contributed by atoms with E-state index in [1.807, 2.05) is 24.3 Å². The Morgan fingerprint density at radius 2 is 1.24 bits per heavy atom. The summed E-state index contributed by atoms with van der Waals surface area (Å²) in [6.07, 6.45) is 0. The predicted octanol–water partition coefficient (Wildman–Crippen LogP) is 9.29. The second-order valence-electron chi connectivity index (χ2n) is 11.0. The molecule has 0 saturated heterocycles. The first-order valence-electron chi connectivity index (χ1n) is 14.3. The molecule has 0 saturated carbocycles. The molecule has 3 N–H and O–H groups in total. The molecule has 0 spiro atoms. The van der Waals surface area contributed by atoms with Crippen LogP contribution in [0.15, 0.2) is 133 Å². The normalized spacial score (nSPS) is 11.6. The highest BCUT2D eigenvalue weighted by Gasteiger charge is 2.18. The molecule has 0 atom stereocenters. The van der Waals surface area contributed by atoms with Gasteiger partial charge in [0.15, 0.2) is 0 Å². The highest BCUT2D eigenvalue weighted by atomic mass is 15.0. The zero-order valence-corrected chi connectivity index (χ0v) is 23.4. The van der Waals surface area contributed by atoms with Gasteiger partial charge in [-0.25, -0.2) is 0 Å². The van der Waals surface area contributed by atoms with Crippen LogP contribution >= 0.6 is 0 Å². The number of hydrogen-bond acceptors (Lipinski definition) is 2. The summed E-state index contributed by atoms with van der Waals surface area (Å²) in [6, 6.07) is 47.5. The molecule has 202 valence electrons. The summed E-state index contributed by atoms with van der Waals surface area (Å²) in [5.74, 6) is 0. The molecule has 0 fully saturated rings. The summed E-state index contributed by atoms with van der Waals surface area (Å²) in [5, 5.41) is 8.58. The monoisotopic (exact) mass is 542 g/mol. The van der Waals surface area contributed by atoms with E-state index in [2.05, 4.69) is 131 Å². The maximum atomic E-state index is 6.21. The molecular formula is C38H30N4. The van der Waals surface area contributed by atoms with E-state index < -0.39 is 0 Å². The Kier molecular flexibility index (Phi) is 5.54. The van der Waals surface area contributed by atoms with Gasteiger partial charge in [0.25, 0.3) is 0 Å². The lowest BCUT2D eigenvalue weighted by Crippen LogP contribution is -2.04. The molecule has 6 aromatic carbocycles. The number of para-hydroxylation sites is 4. The summed E-state index contributed by atoms with van der Waals surface area (Å²) in [6.45, 7) is 0.693. The average Bonchev–Trinajstić information content (AvgIpc) is 3.52. The summed E-state index contributed by atoms with van der Waals surface area (Å²) in [5.41, 5.74) is 17.7. The maximum absolute atomic E-state index is 6.21. The first-order valence-corrected chi connectivity index (χ1v) is 14.3. The Hall–Kier alpha value is -5.48. The van der Waals surface area contributed by atoms with Gasteiger partial charge in [0.1, 0.15) is 0 Å². The number of nitrogens with two attached hydrogens (primary N) is 1. The standard InChI is InChI=1S/C38H30N4/c1-41-36-22-31-29-13-5-8-17-35(29)42(28-20-18-26(19-21-28)25-10-3-2-4-11-25)37(31)23-32(36)30-14-9-12-27(38(30)41)24-40-34-16-7-6-15-33(34)39/h2-23,40H,24,39H2,1H3. The zero-order chi connectivity index (χ0) is 28.2. The average molecular weight is 543 g/mol. The van der Waals surface area contributed by atoms with Crippen LogP contribution < -0.4 is 11.1 Å². The number of fused-ring (bicyclic) bond motifs is 6. The van der Waals surface area contributed by atoms with E-state index in [-0.39, 0.29) is 0 Å². The van der Waals surface area contributed by atoms with Crippen LogP contribution in [0.1, 0.15) is 5.56 Å². The van der Waals surface area contributed by atoms with Crippen molar-refractivity contribution in [1.82, 2.24) is 9.13 Å². The highest BCUT2D eigenvalue weighted by molar-refractivity contribution is 6.18. The third kappa shape index (κ3) is 3.76. The lowest BCUT2D eigenvalue weighted by molar-refractivity contribution is 0.997. The highest BCUT2D eigenvalue weighted by Crippen LogP contribution is 2.39. The minimum atomic E-state index is 0.693. The number of aromatic nitrogens is 2. The van der Waals surface area contributed by atoms with E-state index in [0.717, 1.165) is 17.1 Å². The number of benzene rings is 6. The quantitative estimate of drug-likeness (QED) is 0.213. The van der Waals surface area contributed by atoms with E-state index in [4.69, 9.17) is 5.73 Å². The van der Waals surface area contributed by atoms with Crippen molar-refractivity contribution in [2.75, 3.05) is 11.1 Å². The molecule has 0 bridgehead atoms. The molecule has 4 nitrogen and oxygen atoms in total. The van der Waals surface area contributed by atoms with Gasteiger partial charge in [0.05, 0.1) is 27.9 Å². The van der Waals surface area contributed by atoms with Crippen molar-refractivity contribution in [2.45, 2.75) is 6.54 Å². The molecule has 0 aliphatic heterocycles. The lowest BCUT2D eigenvalue weighted by Gasteiger charge is -2.11. The molecule has 0 aliphatic rings. The van der Waals surface area contributed by atoms with Gasteiger partial charge in [0.2, 0.25) is 0 Å². The van der Waals surface area contributed by atoms with Crippen LogP contribution in [0.5, 0.6) is 0 Å². The number of nitrogen functional groups attached to an aromatic ring is 1. The molecule has 8 aromatic rings. The first-order chi connectivity index (χ1) is 20.7. The van der Waals surface area contributed by atoms with Gasteiger partial charge in [-0.05, 0) is 59.2 Å². The van der Waals surface area contributed by atoms with Gasteiger partial charge >= 0.3 is 0 Å². The largest absolute Gasteiger partial charge is 0.397 e. The topological polar surface area (TPSA) is 47.9 Å². The van der Waals surface area contributed by atoms with E-state index >= 15 is 0 Å². The molecule has 8 rings (SSSR count). The Balaban J connectivity index is 1.31. The number of aryl methyl sites for hydroxylation is 1. The van der Waals surface area contributed by atoms with Crippen molar-refractivity contribution < 1.29 is 0 Å². The summed E-state index contributed by atoms with van der Waals surface area (Å²) in [4.78, 5) is 0. The molecule has 4 heteroatoms. The van der Waals surface area contributed by atoms with Crippen molar-refractivity contribution in [3.63, 3.8) is 0 Å². The van der Waals surface area contributed by atoms with Crippen LogP contribution in [0.4, 0.5) is 11.4 Å². The van der Waals surface area contributed by atoms with Gasteiger partial charge in [-0.2, -0.15) is 0 Å². The van der Waals surface area contributed by atoms with Crippen LogP contribution in [-0.2, 0) is 13.6 Å². The molecule has 42 heavy (non-hydrogen) atoms. The van der Waals surface area contributed by atoms with E-state index in [1.165, 1.54) is 60.3 Å². The zero-order valence-electron chi connectivity index (χ0n) is 23.4. The third-order valence-electron chi connectivity index (χ3n) is 8.56. The number of nitrogens with one attached hydrogen (secondary N) is 1. The van der Waals surface area contributed by atoms with E-state index in [1.54, 1.807) is 0 Å². The smallest absolute Gasteiger partial charge is 0.0576 e. The number of hydrogen-bond donors (Lipinski definition) is 2. The minimum Gasteiger partial charge on any atom is -0.397 e. The van der Waals surface area contributed by atoms with Crippen LogP contribution in [-0.4, -0.2) is 9.13 Å². The number of rotatable bonds is 5. The van der Waals surface area contributed by atoms with Crippen LogP contribution in [0, 0.1) is 0 Å². The Labute approximate surface area is 244 Å². The Morgan fingerprint density at radius 3 is 2.07 bits per heavy atom. The van der Waals surface area contributed by atoms with Crippen molar-refractivity contribution >= 4 is 55.0 Å². The molecule has 2 aromatic heterocycles. The lowest BCUT2D eigenvalue weighted by atomic mass is 10.1. The second kappa shape index (κ2) is 9.57. The molecule has 0 unspecified atom stereocenters. The van der Waals surface area contributed by atoms with Crippen LogP contribution in [0.3, 0.4) is 0 Å². The van der Waals surface area contributed by atoms with Gasteiger partial charge in [-0.1, -0.05) is 91.0 Å². The summed E-state index contributed by atoms with van der Waals surface area (Å²) in [7, 11) is 2.18. The van der Waals surface area contributed by atoms with Crippen molar-refractivity contribution in [1.29, 1.82) is 0 Å². The fourth-order valence-corrected chi connectivity index (χ4v) is 6.52. The van der Waals surface area contributed by atoms with Crippen molar-refractivity contribution in [3.8, 4) is 16.8 Å². The SMILES string of the molecule is Cn1c2cc3c4ccccc4n(-c4ccc(-c5ccccc5)cc4)c3cc2c2cccc(CNc3ccccc3N)c21. The first kappa shape index (κ1) is 24.3. The fourth-order valence-electron chi connectivity index (χ4n) is 6.52. The van der Waals surface area contributed by atoms with Crippen molar-refractivity contribution in [3.05, 3.63) is 139 Å². The molecule has 0 aliphatic carbocycles. The minimum absolute atomic E-state index is 0.693. The predicted molar refractivity (Wildman–Crippen MR) is 178 cm³/mol. The molecule has 0 amide bonds. The second-order valence-corrected chi connectivity index (χ2v) is 11.0. The van der Waals surface area contributed by atoms with Gasteiger partial charge in [0, 0.05) is 46.3 Å². The van der Waals surface area contributed by atoms with Gasteiger partial charge < -0.3 is 20.2 Å². The third-order valence-corrected chi connectivity index (χ3v) is 8.56. The van der Waals surface area contributed by atoms with Crippen LogP contribution in [0.25, 0.3) is 60.4 Å². The van der Waals surface area contributed by atoms with Crippen LogP contribution in [0.2, 0.25) is 0 Å². The van der Waals surface area contributed by atoms with Gasteiger partial charge in [-0.15, -0.1) is 0 Å². The molecular weight excluding hydrogens is 512 g/mol. The Morgan fingerprint density at radius 1 is 0.571 bits per heavy atom. The summed E-state index contributed by atoms with van der Waals surface area (Å²) >= 11 is 0. The molecule has 0 radical (unpaired) electrons. The molecule has 2 heterocycles. The van der Waals surface area contributed by atoms with Crippen molar-refractivity contribution in [2.24, 2.45) is 7.05 Å². The van der Waals surface area contributed by atoms with E-state index in [9.17, 15) is 0 Å². The number of nitrogens with zero attached hydrogens (tertiary/aromatic N) is 2. The van der Waals surface area contributed by atoms with E-state index in [0.29, 0.717) is 6.54 Å². The summed E-state index contributed by atoms with van der Waals surface area (Å²) < 4.78 is 4.75. The fraction of sp³-hybridized carbons (Fsp3) is 0.0526. The maximum Gasteiger partial charge on any atom is 0.0576 e. The van der Waals surface area contributed by atoms with Gasteiger partial charge in [-0.3, -0.25) is 0 Å².